The molecule has 0 saturated heterocycles. The van der Waals surface area contributed by atoms with E-state index in [1.807, 2.05) is 0 Å². The second-order valence-corrected chi connectivity index (χ2v) is 2.17. The Morgan fingerprint density at radius 2 is 1.14 bits per heavy atom. The monoisotopic (exact) mass is 108 g/mol. The Hall–Kier alpha value is 1.09. The van der Waals surface area contributed by atoms with Crippen molar-refractivity contribution in [2.24, 2.45) is 0 Å². The van der Waals surface area contributed by atoms with E-state index in [9.17, 15) is 0 Å². The third-order valence-corrected chi connectivity index (χ3v) is 0. The summed E-state index contributed by atoms with van der Waals surface area (Å²) in [7, 11) is 0. The maximum atomic E-state index is 8.52. The molecular formula is C4H10AlLiO+4. The van der Waals surface area contributed by atoms with Crippen LogP contribution >= 0.6 is 0 Å². The number of aliphatic hydroxyl groups is 1. The summed E-state index contributed by atoms with van der Waals surface area (Å²) < 4.78 is 0. The summed E-state index contributed by atoms with van der Waals surface area (Å²) >= 11 is 0. The van der Waals surface area contributed by atoms with Gasteiger partial charge in [0.1, 0.15) is 0 Å². The summed E-state index contributed by atoms with van der Waals surface area (Å²) in [6, 6.07) is 0. The molecular weight excluding hydrogens is 98.0 g/mol. The first-order valence-corrected chi connectivity index (χ1v) is 1.72. The minimum Gasteiger partial charge on any atom is -0.391 e. The van der Waals surface area contributed by atoms with Crippen molar-refractivity contribution in [1.82, 2.24) is 0 Å². The Bertz CT molecular complexity index is 27.2. The van der Waals surface area contributed by atoms with Gasteiger partial charge < -0.3 is 5.11 Å². The van der Waals surface area contributed by atoms with E-state index < -0.39 is 5.60 Å². The van der Waals surface area contributed by atoms with E-state index in [2.05, 4.69) is 0 Å². The first kappa shape index (κ1) is 15.7. The van der Waals surface area contributed by atoms with Crippen molar-refractivity contribution in [2.45, 2.75) is 26.4 Å². The Balaban J connectivity index is -0.0000000800. The quantitative estimate of drug-likeness (QED) is 0.337. The van der Waals surface area contributed by atoms with Gasteiger partial charge in [-0.15, -0.1) is 0 Å². The third-order valence-electron chi connectivity index (χ3n) is 0. The molecule has 0 fully saturated rings. The molecule has 0 unspecified atom stereocenters. The minimum atomic E-state index is -0.500. The zero-order valence-electron chi connectivity index (χ0n) is 5.52. The smallest absolute Gasteiger partial charge is 0.391 e. The second-order valence-electron chi connectivity index (χ2n) is 2.17. The van der Waals surface area contributed by atoms with Crippen LogP contribution < -0.4 is 18.9 Å². The molecule has 0 aromatic carbocycles. The van der Waals surface area contributed by atoms with Crippen LogP contribution in [0.3, 0.4) is 0 Å². The predicted octanol–water partition coefficient (Wildman–Crippen LogP) is -2.60. The van der Waals surface area contributed by atoms with E-state index in [0.717, 1.165) is 0 Å². The number of hydrogen-bond acceptors (Lipinski definition) is 1. The van der Waals surface area contributed by atoms with Crippen LogP contribution in [0.1, 0.15) is 20.8 Å². The standard InChI is InChI=1S/C4H10O.Al.Li/c1-4(2,3)5;;/h5H,1-3H3;;/q;+3;+1. The van der Waals surface area contributed by atoms with Crippen LogP contribution in [-0.2, 0) is 0 Å². The molecule has 0 aromatic rings. The maximum absolute atomic E-state index is 8.52. The van der Waals surface area contributed by atoms with Gasteiger partial charge in [0.05, 0.1) is 5.60 Å². The fourth-order valence-electron chi connectivity index (χ4n) is 0. The van der Waals surface area contributed by atoms with E-state index in [1.54, 1.807) is 20.8 Å². The first-order valence-electron chi connectivity index (χ1n) is 1.72. The van der Waals surface area contributed by atoms with Gasteiger partial charge in [0, 0.05) is 0 Å². The molecule has 3 heteroatoms. The van der Waals surface area contributed by atoms with E-state index in [1.165, 1.54) is 0 Å². The Kier molecular flexibility index (Phi) is 11.7. The first-order chi connectivity index (χ1) is 2.00. The van der Waals surface area contributed by atoms with Crippen molar-refractivity contribution in [3.8, 4) is 0 Å². The third kappa shape index (κ3) is 155. The zero-order valence-corrected chi connectivity index (χ0v) is 6.68. The van der Waals surface area contributed by atoms with Gasteiger partial charge in [-0.25, -0.2) is 0 Å². The van der Waals surface area contributed by atoms with Gasteiger partial charge in [-0.05, 0) is 20.8 Å². The van der Waals surface area contributed by atoms with E-state index in [-0.39, 0.29) is 36.2 Å². The SMILES string of the molecule is CC(C)(C)O.[Al+3].[Li+]. The van der Waals surface area contributed by atoms with Gasteiger partial charge in [-0.2, -0.15) is 0 Å². The summed E-state index contributed by atoms with van der Waals surface area (Å²) in [4.78, 5) is 0. The van der Waals surface area contributed by atoms with Gasteiger partial charge in [0.15, 0.2) is 0 Å². The molecule has 7 heavy (non-hydrogen) atoms. The molecule has 0 rings (SSSR count). The van der Waals surface area contributed by atoms with Crippen molar-refractivity contribution >= 4 is 17.4 Å². The fourth-order valence-corrected chi connectivity index (χ4v) is 0. The van der Waals surface area contributed by atoms with Crippen LogP contribution in [0, 0.1) is 0 Å². The Morgan fingerprint density at radius 1 is 1.14 bits per heavy atom. The Labute approximate surface area is 67.8 Å². The number of rotatable bonds is 0. The van der Waals surface area contributed by atoms with Crippen LogP contribution in [0.15, 0.2) is 0 Å². The van der Waals surface area contributed by atoms with Crippen molar-refractivity contribution in [2.75, 3.05) is 0 Å². The molecule has 0 spiro atoms. The summed E-state index contributed by atoms with van der Waals surface area (Å²) in [6.07, 6.45) is 0. The second kappa shape index (κ2) is 5.23. The van der Waals surface area contributed by atoms with E-state index in [4.69, 9.17) is 5.11 Å². The molecule has 32 valence electrons. The fraction of sp³-hybridized carbons (Fsp3) is 1.00. The van der Waals surface area contributed by atoms with Crippen LogP contribution in [0.2, 0.25) is 0 Å². The normalized spacial score (nSPS) is 8.57. The van der Waals surface area contributed by atoms with Gasteiger partial charge in [-0.1, -0.05) is 0 Å². The molecule has 0 heterocycles. The zero-order chi connectivity index (χ0) is 4.50. The summed E-state index contributed by atoms with van der Waals surface area (Å²) in [5, 5.41) is 8.52. The van der Waals surface area contributed by atoms with Crippen molar-refractivity contribution < 1.29 is 24.0 Å². The molecule has 0 atom stereocenters. The molecule has 1 nitrogen and oxygen atoms in total. The topological polar surface area (TPSA) is 20.2 Å². The van der Waals surface area contributed by atoms with E-state index >= 15 is 0 Å². The van der Waals surface area contributed by atoms with Crippen LogP contribution in [0.5, 0.6) is 0 Å². The van der Waals surface area contributed by atoms with Crippen LogP contribution in [0.4, 0.5) is 0 Å². The number of hydrogen-bond donors (Lipinski definition) is 1. The molecule has 0 radical (unpaired) electrons. The molecule has 0 aliphatic rings. The van der Waals surface area contributed by atoms with Crippen LogP contribution in [-0.4, -0.2) is 28.1 Å². The average Bonchev–Trinajstić information content (AvgIpc) is 0.722. The van der Waals surface area contributed by atoms with Gasteiger partial charge in [-0.3, -0.25) is 0 Å². The molecule has 0 aromatic heterocycles. The Morgan fingerprint density at radius 3 is 1.14 bits per heavy atom. The molecule has 0 aliphatic carbocycles. The van der Waals surface area contributed by atoms with Gasteiger partial charge in [0.25, 0.3) is 0 Å². The molecule has 0 amide bonds. The largest absolute Gasteiger partial charge is 3.00 e. The van der Waals surface area contributed by atoms with Gasteiger partial charge in [0.2, 0.25) is 0 Å². The van der Waals surface area contributed by atoms with Crippen molar-refractivity contribution in [3.63, 3.8) is 0 Å². The molecule has 0 bridgehead atoms. The summed E-state index contributed by atoms with van der Waals surface area (Å²) in [6.45, 7) is 5.23. The van der Waals surface area contributed by atoms with Gasteiger partial charge >= 0.3 is 36.2 Å². The average molecular weight is 108 g/mol. The minimum absolute atomic E-state index is 0. The summed E-state index contributed by atoms with van der Waals surface area (Å²) in [5.41, 5.74) is -0.500. The van der Waals surface area contributed by atoms with Crippen molar-refractivity contribution in [3.05, 3.63) is 0 Å². The molecule has 0 saturated carbocycles. The summed E-state index contributed by atoms with van der Waals surface area (Å²) in [5.74, 6) is 0. The van der Waals surface area contributed by atoms with Crippen molar-refractivity contribution in [1.29, 1.82) is 0 Å². The molecule has 0 aliphatic heterocycles. The maximum Gasteiger partial charge on any atom is 3.00 e. The molecule has 1 N–H and O–H groups in total. The predicted molar refractivity (Wildman–Crippen MR) is 27.7 cm³/mol. The van der Waals surface area contributed by atoms with Crippen LogP contribution in [0.25, 0.3) is 0 Å². The van der Waals surface area contributed by atoms with E-state index in [0.29, 0.717) is 0 Å².